The lowest BCUT2D eigenvalue weighted by Gasteiger charge is -2.18. The van der Waals surface area contributed by atoms with Gasteiger partial charge in [-0.15, -0.1) is 0 Å². The summed E-state index contributed by atoms with van der Waals surface area (Å²) in [5.74, 6) is 0.0728. The van der Waals surface area contributed by atoms with E-state index in [2.05, 4.69) is 10.6 Å². The van der Waals surface area contributed by atoms with Crippen molar-refractivity contribution in [2.45, 2.75) is 6.42 Å². The molecule has 0 fully saturated rings. The maximum atomic E-state index is 12.2. The Bertz CT molecular complexity index is 773. The molecule has 0 aliphatic carbocycles. The first-order valence-electron chi connectivity index (χ1n) is 6.82. The van der Waals surface area contributed by atoms with Crippen LogP contribution in [-0.4, -0.2) is 18.4 Å². The number of rotatable bonds is 3. The largest absolute Gasteiger partial charge is 0.482 e. The Kier molecular flexibility index (Phi) is 4.41. The topological polar surface area (TPSA) is 67.4 Å². The van der Waals surface area contributed by atoms with Crippen LogP contribution in [0.4, 0.5) is 11.4 Å². The highest BCUT2D eigenvalue weighted by molar-refractivity contribution is 6.36. The summed E-state index contributed by atoms with van der Waals surface area (Å²) in [4.78, 5) is 23.5. The molecule has 1 heterocycles. The Hall–Kier alpha value is -2.24. The van der Waals surface area contributed by atoms with E-state index in [-0.39, 0.29) is 24.8 Å². The molecule has 0 unspecified atom stereocenters. The lowest BCUT2D eigenvalue weighted by molar-refractivity contribution is -0.118. The van der Waals surface area contributed by atoms with Gasteiger partial charge < -0.3 is 15.4 Å². The summed E-state index contributed by atoms with van der Waals surface area (Å²) in [6, 6.07) is 10.1. The number of halogens is 2. The van der Waals surface area contributed by atoms with E-state index >= 15 is 0 Å². The first kappa shape index (κ1) is 15.6. The van der Waals surface area contributed by atoms with Crippen molar-refractivity contribution in [3.8, 4) is 5.75 Å². The van der Waals surface area contributed by atoms with Gasteiger partial charge >= 0.3 is 0 Å². The predicted octanol–water partition coefficient (Wildman–Crippen LogP) is 3.51. The van der Waals surface area contributed by atoms with Crippen LogP contribution in [0.1, 0.15) is 5.56 Å². The van der Waals surface area contributed by atoms with Gasteiger partial charge in [-0.3, -0.25) is 9.59 Å². The van der Waals surface area contributed by atoms with E-state index in [0.29, 0.717) is 32.7 Å². The molecule has 23 heavy (non-hydrogen) atoms. The monoisotopic (exact) mass is 350 g/mol. The summed E-state index contributed by atoms with van der Waals surface area (Å²) in [5.41, 5.74) is 1.64. The Balaban J connectivity index is 1.73. The van der Waals surface area contributed by atoms with Gasteiger partial charge in [0.05, 0.1) is 12.1 Å². The molecule has 2 amide bonds. The molecule has 1 aliphatic heterocycles. The molecule has 0 radical (unpaired) electrons. The smallest absolute Gasteiger partial charge is 0.262 e. The molecular weight excluding hydrogens is 339 g/mol. The number of hydrogen-bond acceptors (Lipinski definition) is 3. The number of anilines is 2. The van der Waals surface area contributed by atoms with Crippen LogP contribution < -0.4 is 15.4 Å². The standard InChI is InChI=1S/C16H12Cl2N2O3/c17-11-2-1-3-12(18)10(11)7-15(21)19-9-4-5-14-13(6-9)20-16(22)8-23-14/h1-6H,7-8H2,(H,19,21)(H,20,22). The van der Waals surface area contributed by atoms with Crippen LogP contribution in [0.2, 0.25) is 10.0 Å². The van der Waals surface area contributed by atoms with Crippen molar-refractivity contribution >= 4 is 46.4 Å². The maximum Gasteiger partial charge on any atom is 0.262 e. The zero-order chi connectivity index (χ0) is 16.4. The van der Waals surface area contributed by atoms with Gasteiger partial charge in [-0.05, 0) is 35.9 Å². The quantitative estimate of drug-likeness (QED) is 0.889. The third-order valence-electron chi connectivity index (χ3n) is 3.30. The number of fused-ring (bicyclic) bond motifs is 1. The van der Waals surface area contributed by atoms with Gasteiger partial charge in [-0.25, -0.2) is 0 Å². The average Bonchev–Trinajstić information content (AvgIpc) is 2.50. The fourth-order valence-corrected chi connectivity index (χ4v) is 2.76. The van der Waals surface area contributed by atoms with Crippen LogP contribution in [0.15, 0.2) is 36.4 Å². The van der Waals surface area contributed by atoms with Crippen LogP contribution in [0.5, 0.6) is 5.75 Å². The molecule has 0 atom stereocenters. The van der Waals surface area contributed by atoms with Crippen molar-refractivity contribution in [3.63, 3.8) is 0 Å². The van der Waals surface area contributed by atoms with E-state index in [0.717, 1.165) is 0 Å². The van der Waals surface area contributed by atoms with Crippen LogP contribution in [0.3, 0.4) is 0 Å². The van der Waals surface area contributed by atoms with E-state index in [1.807, 2.05) is 0 Å². The number of hydrogen-bond donors (Lipinski definition) is 2. The van der Waals surface area contributed by atoms with Gasteiger partial charge in [0.1, 0.15) is 5.75 Å². The molecule has 0 aromatic heterocycles. The van der Waals surface area contributed by atoms with Gasteiger partial charge in [0, 0.05) is 15.7 Å². The van der Waals surface area contributed by atoms with Crippen LogP contribution >= 0.6 is 23.2 Å². The lowest BCUT2D eigenvalue weighted by Crippen LogP contribution is -2.25. The summed E-state index contributed by atoms with van der Waals surface area (Å²) in [7, 11) is 0. The SMILES string of the molecule is O=C(Cc1c(Cl)cccc1Cl)Nc1ccc2c(c1)NC(=O)CO2. The normalized spacial score (nSPS) is 12.9. The number of nitrogens with one attached hydrogen (secondary N) is 2. The van der Waals surface area contributed by atoms with Crippen LogP contribution in [0, 0.1) is 0 Å². The number of carbonyl (C=O) groups excluding carboxylic acids is 2. The highest BCUT2D eigenvalue weighted by Crippen LogP contribution is 2.31. The van der Waals surface area contributed by atoms with Gasteiger partial charge in [0.15, 0.2) is 6.61 Å². The molecule has 2 aromatic carbocycles. The highest BCUT2D eigenvalue weighted by atomic mass is 35.5. The van der Waals surface area contributed by atoms with E-state index in [9.17, 15) is 9.59 Å². The summed E-state index contributed by atoms with van der Waals surface area (Å²) in [5, 5.41) is 6.32. The van der Waals surface area contributed by atoms with Gasteiger partial charge in [-0.2, -0.15) is 0 Å². The first-order valence-corrected chi connectivity index (χ1v) is 7.58. The molecule has 0 saturated heterocycles. The Morgan fingerprint density at radius 2 is 1.96 bits per heavy atom. The van der Waals surface area contributed by atoms with Crippen molar-refractivity contribution in [2.24, 2.45) is 0 Å². The Morgan fingerprint density at radius 1 is 1.22 bits per heavy atom. The minimum absolute atomic E-state index is 0.0102. The molecule has 0 spiro atoms. The number of benzene rings is 2. The fraction of sp³-hybridized carbons (Fsp3) is 0.125. The molecule has 0 saturated carbocycles. The summed E-state index contributed by atoms with van der Waals surface area (Å²) in [6.07, 6.45) is 0.0540. The second-order valence-corrected chi connectivity index (χ2v) is 5.79. The predicted molar refractivity (Wildman–Crippen MR) is 89.4 cm³/mol. The minimum Gasteiger partial charge on any atom is -0.482 e. The lowest BCUT2D eigenvalue weighted by atomic mass is 10.1. The van der Waals surface area contributed by atoms with Crippen molar-refractivity contribution in [1.29, 1.82) is 0 Å². The van der Waals surface area contributed by atoms with Crippen LogP contribution in [0.25, 0.3) is 0 Å². The van der Waals surface area contributed by atoms with Crippen molar-refractivity contribution in [3.05, 3.63) is 52.0 Å². The zero-order valence-electron chi connectivity index (χ0n) is 11.9. The highest BCUT2D eigenvalue weighted by Gasteiger charge is 2.17. The van der Waals surface area contributed by atoms with Gasteiger partial charge in [-0.1, -0.05) is 29.3 Å². The Labute approximate surface area is 142 Å². The number of ether oxygens (including phenoxy) is 1. The van der Waals surface area contributed by atoms with E-state index < -0.39 is 0 Å². The van der Waals surface area contributed by atoms with Crippen molar-refractivity contribution in [2.75, 3.05) is 17.2 Å². The summed E-state index contributed by atoms with van der Waals surface area (Å²) < 4.78 is 5.26. The third-order valence-corrected chi connectivity index (χ3v) is 4.00. The van der Waals surface area contributed by atoms with Gasteiger partial charge in [0.2, 0.25) is 5.91 Å². The van der Waals surface area contributed by atoms with Gasteiger partial charge in [0.25, 0.3) is 5.91 Å². The Morgan fingerprint density at radius 3 is 2.70 bits per heavy atom. The van der Waals surface area contributed by atoms with Crippen LogP contribution in [-0.2, 0) is 16.0 Å². The fourth-order valence-electron chi connectivity index (χ4n) is 2.23. The molecule has 0 bridgehead atoms. The molecule has 118 valence electrons. The minimum atomic E-state index is -0.261. The molecule has 3 rings (SSSR count). The first-order chi connectivity index (χ1) is 11.0. The molecule has 2 aromatic rings. The molecule has 1 aliphatic rings. The summed E-state index contributed by atoms with van der Waals surface area (Å²) in [6.45, 7) is -0.0102. The zero-order valence-corrected chi connectivity index (χ0v) is 13.4. The number of amides is 2. The molecule has 2 N–H and O–H groups in total. The van der Waals surface area contributed by atoms with Crippen molar-refractivity contribution in [1.82, 2.24) is 0 Å². The van der Waals surface area contributed by atoms with E-state index in [1.54, 1.807) is 36.4 Å². The summed E-state index contributed by atoms with van der Waals surface area (Å²) >= 11 is 12.1. The third kappa shape index (κ3) is 3.57. The maximum absolute atomic E-state index is 12.2. The molecular formula is C16H12Cl2N2O3. The molecule has 5 nitrogen and oxygen atoms in total. The molecule has 7 heteroatoms. The van der Waals surface area contributed by atoms with E-state index in [1.165, 1.54) is 0 Å². The second-order valence-electron chi connectivity index (χ2n) is 4.97. The number of carbonyl (C=O) groups is 2. The van der Waals surface area contributed by atoms with E-state index in [4.69, 9.17) is 27.9 Å². The second kappa shape index (κ2) is 6.48. The average molecular weight is 351 g/mol. The van der Waals surface area contributed by atoms with Crippen molar-refractivity contribution < 1.29 is 14.3 Å².